The number of para-hydroxylation sites is 2. The Morgan fingerprint density at radius 3 is 2.35 bits per heavy atom. The molecular formula is C28H26N2O6S. The van der Waals surface area contributed by atoms with E-state index < -0.39 is 0 Å². The van der Waals surface area contributed by atoms with Crippen molar-refractivity contribution in [1.82, 2.24) is 4.90 Å². The van der Waals surface area contributed by atoms with Gasteiger partial charge in [0.25, 0.3) is 17.1 Å². The molecule has 0 saturated carbocycles. The fraction of sp³-hybridized carbons (Fsp3) is 0.179. The number of hydrogen-bond acceptors (Lipinski definition) is 7. The van der Waals surface area contributed by atoms with Crippen LogP contribution in [0.5, 0.6) is 17.2 Å². The van der Waals surface area contributed by atoms with Gasteiger partial charge >= 0.3 is 0 Å². The molecule has 1 N–H and O–H groups in total. The minimum atomic E-state index is -0.369. The van der Waals surface area contributed by atoms with Crippen molar-refractivity contribution < 1.29 is 28.6 Å². The van der Waals surface area contributed by atoms with Gasteiger partial charge in [-0.15, -0.1) is 0 Å². The predicted molar refractivity (Wildman–Crippen MR) is 143 cm³/mol. The Balaban J connectivity index is 1.28. The van der Waals surface area contributed by atoms with Crippen LogP contribution < -0.4 is 19.5 Å². The lowest BCUT2D eigenvalue weighted by molar-refractivity contribution is -0.123. The third kappa shape index (κ3) is 6.92. The van der Waals surface area contributed by atoms with Crippen LogP contribution in [0.1, 0.15) is 11.1 Å². The van der Waals surface area contributed by atoms with Crippen LogP contribution in [0.4, 0.5) is 10.5 Å². The van der Waals surface area contributed by atoms with Gasteiger partial charge in [0.1, 0.15) is 12.4 Å². The maximum atomic E-state index is 12.8. The van der Waals surface area contributed by atoms with Gasteiger partial charge in [-0.1, -0.05) is 42.0 Å². The number of nitrogens with zero attached hydrogens (tertiary/aromatic N) is 1. The van der Waals surface area contributed by atoms with E-state index in [9.17, 15) is 14.4 Å². The zero-order valence-electron chi connectivity index (χ0n) is 20.4. The first-order valence-electron chi connectivity index (χ1n) is 11.5. The molecule has 3 aromatic rings. The molecule has 3 amide bonds. The number of imide groups is 1. The lowest BCUT2D eigenvalue weighted by Crippen LogP contribution is -2.32. The van der Waals surface area contributed by atoms with E-state index in [0.29, 0.717) is 27.8 Å². The number of methoxy groups -OCH3 is 1. The Morgan fingerprint density at radius 2 is 1.65 bits per heavy atom. The Labute approximate surface area is 219 Å². The van der Waals surface area contributed by atoms with Gasteiger partial charge in [-0.25, -0.2) is 0 Å². The molecule has 9 heteroatoms. The fourth-order valence-corrected chi connectivity index (χ4v) is 4.34. The van der Waals surface area contributed by atoms with E-state index in [1.54, 1.807) is 49.6 Å². The van der Waals surface area contributed by atoms with Crippen molar-refractivity contribution in [2.24, 2.45) is 0 Å². The molecule has 37 heavy (non-hydrogen) atoms. The number of amides is 3. The molecule has 3 aromatic carbocycles. The highest BCUT2D eigenvalue weighted by molar-refractivity contribution is 8.18. The maximum absolute atomic E-state index is 12.8. The van der Waals surface area contributed by atoms with Crippen LogP contribution in [-0.4, -0.2) is 48.8 Å². The zero-order valence-corrected chi connectivity index (χ0v) is 21.2. The molecule has 1 aliphatic heterocycles. The molecule has 1 fully saturated rings. The molecule has 0 spiro atoms. The van der Waals surface area contributed by atoms with E-state index in [1.807, 2.05) is 43.3 Å². The summed E-state index contributed by atoms with van der Waals surface area (Å²) in [6.07, 6.45) is 1.65. The van der Waals surface area contributed by atoms with Crippen LogP contribution in [0, 0.1) is 6.92 Å². The molecule has 4 rings (SSSR count). The Hall–Kier alpha value is -4.24. The van der Waals surface area contributed by atoms with Crippen molar-refractivity contribution in [3.8, 4) is 17.2 Å². The number of nitrogens with one attached hydrogen (secondary N) is 1. The normalized spacial score (nSPS) is 14.1. The standard InChI is InChI=1S/C28H26N2O6S/c1-19-7-11-21(12-8-19)29-26(31)18-36-22-13-9-20(10-14-22)17-25-27(32)30(28(33)37-25)15-16-35-24-6-4-3-5-23(24)34-2/h3-14,17H,15-16,18H2,1-2H3,(H,29,31)/b25-17-. The van der Waals surface area contributed by atoms with Crippen LogP contribution >= 0.6 is 11.8 Å². The first-order chi connectivity index (χ1) is 17.9. The zero-order chi connectivity index (χ0) is 26.2. The minimum absolute atomic E-state index is 0.123. The molecule has 1 heterocycles. The molecule has 0 unspecified atom stereocenters. The maximum Gasteiger partial charge on any atom is 0.293 e. The number of thioether (sulfide) groups is 1. The van der Waals surface area contributed by atoms with Gasteiger partial charge in [-0.2, -0.15) is 0 Å². The lowest BCUT2D eigenvalue weighted by Gasteiger charge is -2.14. The molecule has 1 aliphatic rings. The molecule has 8 nitrogen and oxygen atoms in total. The second-order valence-corrected chi connectivity index (χ2v) is 9.10. The Bertz CT molecular complexity index is 1310. The van der Waals surface area contributed by atoms with Crippen LogP contribution in [0.3, 0.4) is 0 Å². The summed E-state index contributed by atoms with van der Waals surface area (Å²) in [5, 5.41) is 2.43. The Kier molecular flexibility index (Phi) is 8.48. The van der Waals surface area contributed by atoms with Crippen molar-refractivity contribution >= 4 is 40.6 Å². The number of anilines is 1. The highest BCUT2D eigenvalue weighted by atomic mass is 32.2. The molecule has 0 aliphatic carbocycles. The molecule has 0 radical (unpaired) electrons. The summed E-state index contributed by atoms with van der Waals surface area (Å²) in [5.41, 5.74) is 2.54. The van der Waals surface area contributed by atoms with E-state index in [-0.39, 0.29) is 36.8 Å². The van der Waals surface area contributed by atoms with Crippen LogP contribution in [0.25, 0.3) is 6.08 Å². The number of rotatable bonds is 10. The topological polar surface area (TPSA) is 94.2 Å². The largest absolute Gasteiger partial charge is 0.493 e. The van der Waals surface area contributed by atoms with Gasteiger partial charge in [0.2, 0.25) is 0 Å². The Morgan fingerprint density at radius 1 is 0.946 bits per heavy atom. The van der Waals surface area contributed by atoms with E-state index in [1.165, 1.54) is 0 Å². The number of benzene rings is 3. The first kappa shape index (κ1) is 25.8. The van der Waals surface area contributed by atoms with Crippen molar-refractivity contribution in [3.05, 3.63) is 88.8 Å². The van der Waals surface area contributed by atoms with Crippen LogP contribution in [-0.2, 0) is 9.59 Å². The minimum Gasteiger partial charge on any atom is -0.493 e. The molecule has 0 aromatic heterocycles. The molecule has 190 valence electrons. The van der Waals surface area contributed by atoms with Crippen LogP contribution in [0.2, 0.25) is 0 Å². The lowest BCUT2D eigenvalue weighted by atomic mass is 10.2. The number of aryl methyl sites for hydroxylation is 1. The van der Waals surface area contributed by atoms with Crippen molar-refractivity contribution in [3.63, 3.8) is 0 Å². The van der Waals surface area contributed by atoms with Gasteiger partial charge in [0, 0.05) is 5.69 Å². The summed E-state index contributed by atoms with van der Waals surface area (Å²) in [7, 11) is 1.55. The molecule has 1 saturated heterocycles. The monoisotopic (exact) mass is 518 g/mol. The first-order valence-corrected chi connectivity index (χ1v) is 12.3. The second-order valence-electron chi connectivity index (χ2n) is 8.10. The fourth-order valence-electron chi connectivity index (χ4n) is 3.47. The molecular weight excluding hydrogens is 492 g/mol. The van der Waals surface area contributed by atoms with Gasteiger partial charge in [-0.3, -0.25) is 19.3 Å². The number of carbonyl (C=O) groups excluding carboxylic acids is 3. The van der Waals surface area contributed by atoms with Gasteiger partial charge in [0.15, 0.2) is 18.1 Å². The molecule has 0 atom stereocenters. The smallest absolute Gasteiger partial charge is 0.293 e. The van der Waals surface area contributed by atoms with E-state index in [4.69, 9.17) is 14.2 Å². The number of hydrogen-bond donors (Lipinski definition) is 1. The average Bonchev–Trinajstić information content (AvgIpc) is 3.17. The summed E-state index contributed by atoms with van der Waals surface area (Å²) in [6, 6.07) is 21.6. The highest BCUT2D eigenvalue weighted by Crippen LogP contribution is 2.32. The van der Waals surface area contributed by atoms with E-state index in [0.717, 1.165) is 27.8 Å². The van der Waals surface area contributed by atoms with Gasteiger partial charge < -0.3 is 19.5 Å². The van der Waals surface area contributed by atoms with Gasteiger partial charge in [0.05, 0.1) is 18.6 Å². The summed E-state index contributed by atoms with van der Waals surface area (Å²) in [4.78, 5) is 38.8. The number of carbonyl (C=O) groups is 3. The average molecular weight is 519 g/mol. The highest BCUT2D eigenvalue weighted by Gasteiger charge is 2.34. The summed E-state index contributed by atoms with van der Waals surface area (Å²) >= 11 is 0.885. The van der Waals surface area contributed by atoms with E-state index in [2.05, 4.69) is 5.32 Å². The summed E-state index contributed by atoms with van der Waals surface area (Å²) < 4.78 is 16.5. The third-order valence-corrected chi connectivity index (χ3v) is 6.31. The molecule has 0 bridgehead atoms. The van der Waals surface area contributed by atoms with E-state index >= 15 is 0 Å². The van der Waals surface area contributed by atoms with Crippen LogP contribution in [0.15, 0.2) is 77.7 Å². The van der Waals surface area contributed by atoms with Crippen molar-refractivity contribution in [2.45, 2.75) is 6.92 Å². The summed E-state index contributed by atoms with van der Waals surface area (Å²) in [5.74, 6) is 0.999. The predicted octanol–water partition coefficient (Wildman–Crippen LogP) is 5.14. The SMILES string of the molecule is COc1ccccc1OCCN1C(=O)S/C(=C\c2ccc(OCC(=O)Nc3ccc(C)cc3)cc2)C1=O. The van der Waals surface area contributed by atoms with Crippen molar-refractivity contribution in [1.29, 1.82) is 0 Å². The third-order valence-electron chi connectivity index (χ3n) is 5.40. The van der Waals surface area contributed by atoms with Crippen molar-refractivity contribution in [2.75, 3.05) is 32.2 Å². The second kappa shape index (κ2) is 12.1. The quantitative estimate of drug-likeness (QED) is 0.372. The number of ether oxygens (including phenoxy) is 3. The van der Waals surface area contributed by atoms with Gasteiger partial charge in [-0.05, 0) is 66.7 Å². The summed E-state index contributed by atoms with van der Waals surface area (Å²) in [6.45, 7) is 2.11.